The number of hydrogen-bond acceptors (Lipinski definition) is 5. The zero-order chi connectivity index (χ0) is 19.0. The average Bonchev–Trinajstić information content (AvgIpc) is 3.24. The van der Waals surface area contributed by atoms with E-state index in [1.165, 1.54) is 21.9 Å². The normalized spacial score (nSPS) is 12.0. The predicted molar refractivity (Wildman–Crippen MR) is 98.0 cm³/mol. The van der Waals surface area contributed by atoms with E-state index < -0.39 is 5.91 Å². The fourth-order valence-electron chi connectivity index (χ4n) is 2.71. The van der Waals surface area contributed by atoms with E-state index >= 15 is 0 Å². The van der Waals surface area contributed by atoms with E-state index in [2.05, 4.69) is 20.1 Å². The van der Waals surface area contributed by atoms with Gasteiger partial charge in [0.25, 0.3) is 5.78 Å². The Morgan fingerprint density at radius 1 is 1.26 bits per heavy atom. The number of fused-ring (bicyclic) bond motifs is 1. The van der Waals surface area contributed by atoms with Crippen LogP contribution in [-0.4, -0.2) is 30.1 Å². The zero-order valence-corrected chi connectivity index (χ0v) is 15.4. The Labute approximate surface area is 157 Å². The number of aryl methyl sites for hydroxylation is 2. The first-order valence-electron chi connectivity index (χ1n) is 8.19. The third-order valence-corrected chi connectivity index (χ3v) is 4.76. The smallest absolute Gasteiger partial charge is 0.319 e. The molecule has 0 bridgehead atoms. The SMILES string of the molecule is Cc1cc(C)n2nc(C(=O)N=c3sccn3Cc3ccccc3F)nc2n1. The van der Waals surface area contributed by atoms with Gasteiger partial charge < -0.3 is 4.57 Å². The monoisotopic (exact) mass is 382 g/mol. The van der Waals surface area contributed by atoms with Crippen LogP contribution in [-0.2, 0) is 6.54 Å². The standard InChI is InChI=1S/C18H15FN6OS/c1-11-9-12(2)25-17(20-11)21-15(23-25)16(26)22-18-24(7-8-27-18)10-13-5-3-4-6-14(13)19/h3-9H,10H2,1-2H3. The highest BCUT2D eigenvalue weighted by molar-refractivity contribution is 7.07. The van der Waals surface area contributed by atoms with Crippen LogP contribution in [0.25, 0.3) is 5.78 Å². The van der Waals surface area contributed by atoms with Gasteiger partial charge in [0.15, 0.2) is 4.80 Å². The number of rotatable bonds is 3. The van der Waals surface area contributed by atoms with E-state index in [1.54, 1.807) is 34.3 Å². The summed E-state index contributed by atoms with van der Waals surface area (Å²) in [5.74, 6) is -0.534. The van der Waals surface area contributed by atoms with Crippen LogP contribution < -0.4 is 4.80 Å². The van der Waals surface area contributed by atoms with Crippen molar-refractivity contribution in [3.8, 4) is 0 Å². The lowest BCUT2D eigenvalue weighted by Gasteiger charge is -2.04. The summed E-state index contributed by atoms with van der Waals surface area (Å²) in [4.78, 5) is 25.5. The van der Waals surface area contributed by atoms with E-state index in [0.717, 1.165) is 11.4 Å². The summed E-state index contributed by atoms with van der Waals surface area (Å²) in [6.07, 6.45) is 1.76. The molecular formula is C18H15FN6OS. The maximum atomic E-state index is 13.9. The third kappa shape index (κ3) is 3.41. The van der Waals surface area contributed by atoms with Gasteiger partial charge in [-0.3, -0.25) is 4.79 Å². The van der Waals surface area contributed by atoms with Crippen molar-refractivity contribution in [3.63, 3.8) is 0 Å². The number of benzene rings is 1. The van der Waals surface area contributed by atoms with Gasteiger partial charge in [-0.05, 0) is 26.0 Å². The molecule has 0 radical (unpaired) electrons. The zero-order valence-electron chi connectivity index (χ0n) is 14.6. The van der Waals surface area contributed by atoms with Crippen LogP contribution in [0.15, 0.2) is 46.9 Å². The number of amides is 1. The maximum absolute atomic E-state index is 13.9. The lowest BCUT2D eigenvalue weighted by molar-refractivity contribution is 0.0988. The quantitative estimate of drug-likeness (QED) is 0.546. The molecule has 0 fully saturated rings. The number of hydrogen-bond donors (Lipinski definition) is 0. The number of carbonyl (C=O) groups excluding carboxylic acids is 1. The summed E-state index contributed by atoms with van der Waals surface area (Å²) in [5, 5.41) is 5.99. The van der Waals surface area contributed by atoms with E-state index in [0.29, 0.717) is 16.1 Å². The van der Waals surface area contributed by atoms with Crippen molar-refractivity contribution in [1.29, 1.82) is 0 Å². The van der Waals surface area contributed by atoms with Crippen molar-refractivity contribution in [1.82, 2.24) is 24.1 Å². The van der Waals surface area contributed by atoms with Crippen LogP contribution >= 0.6 is 11.3 Å². The second kappa shape index (κ2) is 6.84. The molecule has 136 valence electrons. The first-order valence-corrected chi connectivity index (χ1v) is 9.06. The molecule has 1 amide bonds. The molecule has 0 saturated carbocycles. The van der Waals surface area contributed by atoms with Gasteiger partial charge in [0, 0.05) is 28.5 Å². The molecule has 9 heteroatoms. The molecule has 4 aromatic rings. The highest BCUT2D eigenvalue weighted by Gasteiger charge is 2.15. The number of nitrogens with zero attached hydrogens (tertiary/aromatic N) is 6. The molecule has 3 heterocycles. The van der Waals surface area contributed by atoms with Gasteiger partial charge >= 0.3 is 5.91 Å². The van der Waals surface area contributed by atoms with E-state index in [-0.39, 0.29) is 18.2 Å². The number of carbonyl (C=O) groups is 1. The largest absolute Gasteiger partial charge is 0.319 e. The van der Waals surface area contributed by atoms with Gasteiger partial charge in [0.2, 0.25) is 5.82 Å². The van der Waals surface area contributed by atoms with Gasteiger partial charge in [-0.1, -0.05) is 18.2 Å². The van der Waals surface area contributed by atoms with Gasteiger partial charge in [-0.25, -0.2) is 13.9 Å². The van der Waals surface area contributed by atoms with Crippen molar-refractivity contribution in [2.75, 3.05) is 0 Å². The molecular weight excluding hydrogens is 367 g/mol. The minimum atomic E-state index is -0.567. The molecule has 27 heavy (non-hydrogen) atoms. The summed E-state index contributed by atoms with van der Waals surface area (Å²) in [7, 11) is 0. The van der Waals surface area contributed by atoms with Crippen LogP contribution in [0.3, 0.4) is 0 Å². The third-order valence-electron chi connectivity index (χ3n) is 3.97. The Kier molecular flexibility index (Phi) is 4.36. The lowest BCUT2D eigenvalue weighted by Crippen LogP contribution is -2.18. The first-order chi connectivity index (χ1) is 13.0. The molecule has 0 aliphatic rings. The van der Waals surface area contributed by atoms with Crippen molar-refractivity contribution in [3.05, 3.63) is 75.3 Å². The maximum Gasteiger partial charge on any atom is 0.319 e. The van der Waals surface area contributed by atoms with Crippen LogP contribution in [0.1, 0.15) is 27.6 Å². The molecule has 3 aromatic heterocycles. The van der Waals surface area contributed by atoms with Crippen LogP contribution in [0, 0.1) is 19.7 Å². The average molecular weight is 382 g/mol. The van der Waals surface area contributed by atoms with Crippen LogP contribution in [0.4, 0.5) is 4.39 Å². The summed E-state index contributed by atoms with van der Waals surface area (Å²) in [6.45, 7) is 4.00. The summed E-state index contributed by atoms with van der Waals surface area (Å²) >= 11 is 1.29. The molecule has 0 aliphatic heterocycles. The Morgan fingerprint density at radius 2 is 2.07 bits per heavy atom. The summed E-state index contributed by atoms with van der Waals surface area (Å²) < 4.78 is 17.1. The fraction of sp³-hybridized carbons (Fsp3) is 0.167. The lowest BCUT2D eigenvalue weighted by atomic mass is 10.2. The van der Waals surface area contributed by atoms with Crippen LogP contribution in [0.5, 0.6) is 0 Å². The van der Waals surface area contributed by atoms with Crippen molar-refractivity contribution >= 4 is 23.0 Å². The predicted octanol–water partition coefficient (Wildman–Crippen LogP) is 2.53. The van der Waals surface area contributed by atoms with Gasteiger partial charge in [0.05, 0.1) is 6.54 Å². The Hall–Kier alpha value is -3.20. The van der Waals surface area contributed by atoms with E-state index in [1.807, 2.05) is 19.9 Å². The minimum absolute atomic E-state index is 0.0259. The van der Waals surface area contributed by atoms with E-state index in [9.17, 15) is 9.18 Å². The van der Waals surface area contributed by atoms with Gasteiger partial charge in [-0.2, -0.15) is 9.98 Å². The highest BCUT2D eigenvalue weighted by Crippen LogP contribution is 2.09. The number of aromatic nitrogens is 5. The minimum Gasteiger partial charge on any atom is -0.319 e. The molecule has 0 aliphatic carbocycles. The second-order valence-corrected chi connectivity index (χ2v) is 6.88. The van der Waals surface area contributed by atoms with Crippen molar-refractivity contribution in [2.45, 2.75) is 20.4 Å². The molecule has 0 spiro atoms. The fourth-order valence-corrected chi connectivity index (χ4v) is 3.44. The Morgan fingerprint density at radius 3 is 2.89 bits per heavy atom. The molecule has 0 atom stereocenters. The van der Waals surface area contributed by atoms with Gasteiger partial charge in [-0.15, -0.1) is 16.4 Å². The topological polar surface area (TPSA) is 77.4 Å². The Balaban J connectivity index is 1.69. The molecule has 0 unspecified atom stereocenters. The number of halogens is 1. The highest BCUT2D eigenvalue weighted by atomic mass is 32.1. The Bertz CT molecular complexity index is 1220. The molecule has 0 N–H and O–H groups in total. The molecule has 0 saturated heterocycles. The molecule has 1 aromatic carbocycles. The van der Waals surface area contributed by atoms with Crippen molar-refractivity contribution < 1.29 is 9.18 Å². The van der Waals surface area contributed by atoms with Crippen LogP contribution in [0.2, 0.25) is 0 Å². The molecule has 4 rings (SSSR count). The summed E-state index contributed by atoms with van der Waals surface area (Å²) in [5.41, 5.74) is 2.14. The number of thiazole rings is 1. The second-order valence-electron chi connectivity index (χ2n) is 6.01. The first kappa shape index (κ1) is 17.2. The molecule has 7 nitrogen and oxygen atoms in total. The summed E-state index contributed by atoms with van der Waals surface area (Å²) in [6, 6.07) is 8.37. The van der Waals surface area contributed by atoms with E-state index in [4.69, 9.17) is 0 Å². The van der Waals surface area contributed by atoms with Gasteiger partial charge in [0.1, 0.15) is 5.82 Å². The van der Waals surface area contributed by atoms with Crippen molar-refractivity contribution in [2.24, 2.45) is 4.99 Å².